The Morgan fingerprint density at radius 2 is 2.00 bits per heavy atom. The molecule has 7 heteroatoms. The molecule has 0 unspecified atom stereocenters. The maximum atomic E-state index is 12.7. The Balaban J connectivity index is 1.48. The molecule has 1 saturated heterocycles. The van der Waals surface area contributed by atoms with Crippen LogP contribution in [0.15, 0.2) is 29.3 Å². The third kappa shape index (κ3) is 7.61. The number of guanidine groups is 1. The number of nitrogens with zero attached hydrogens (tertiary/aromatic N) is 2. The highest BCUT2D eigenvalue weighted by molar-refractivity contribution is 5.77. The molecule has 0 aliphatic carbocycles. The van der Waals surface area contributed by atoms with Crippen LogP contribution in [0.4, 0.5) is 4.39 Å². The lowest BCUT2D eigenvalue weighted by Gasteiger charge is -2.26. The minimum Gasteiger partial charge on any atom is -0.494 e. The molecule has 1 fully saturated rings. The van der Waals surface area contributed by atoms with E-state index in [1.54, 1.807) is 12.1 Å². The fraction of sp³-hybridized carbons (Fsp3) is 0.588. The van der Waals surface area contributed by atoms with Gasteiger partial charge in [-0.2, -0.15) is 0 Å². The number of hydrogen-bond donors (Lipinski definition) is 2. The Morgan fingerprint density at radius 3 is 2.75 bits per heavy atom. The van der Waals surface area contributed by atoms with Crippen LogP contribution in [0.1, 0.15) is 12.8 Å². The summed E-state index contributed by atoms with van der Waals surface area (Å²) in [5, 5.41) is 3.12. The van der Waals surface area contributed by atoms with E-state index in [4.69, 9.17) is 15.2 Å². The summed E-state index contributed by atoms with van der Waals surface area (Å²) in [6.07, 6.45) is 1.79. The van der Waals surface area contributed by atoms with Gasteiger partial charge in [0.15, 0.2) is 5.96 Å². The predicted molar refractivity (Wildman–Crippen MR) is 92.9 cm³/mol. The van der Waals surface area contributed by atoms with Crippen LogP contribution in [0.2, 0.25) is 0 Å². The second kappa shape index (κ2) is 10.8. The molecule has 0 aromatic heterocycles. The van der Waals surface area contributed by atoms with Crippen molar-refractivity contribution in [1.29, 1.82) is 0 Å². The SMILES string of the molecule is NC(=NCCCOc1ccc(F)cc1)NCCCN1CCOCC1. The average molecular weight is 338 g/mol. The monoisotopic (exact) mass is 338 g/mol. The van der Waals surface area contributed by atoms with E-state index in [-0.39, 0.29) is 5.82 Å². The Hall–Kier alpha value is -1.86. The molecule has 0 atom stereocenters. The van der Waals surface area contributed by atoms with E-state index in [2.05, 4.69) is 15.2 Å². The molecule has 0 saturated carbocycles. The number of hydrogen-bond acceptors (Lipinski definition) is 4. The Morgan fingerprint density at radius 1 is 1.25 bits per heavy atom. The smallest absolute Gasteiger partial charge is 0.188 e. The summed E-state index contributed by atoms with van der Waals surface area (Å²) in [6, 6.07) is 5.99. The summed E-state index contributed by atoms with van der Waals surface area (Å²) in [5.41, 5.74) is 5.83. The summed E-state index contributed by atoms with van der Waals surface area (Å²) in [6.45, 7) is 6.68. The van der Waals surface area contributed by atoms with Crippen molar-refractivity contribution in [2.24, 2.45) is 10.7 Å². The average Bonchev–Trinajstić information content (AvgIpc) is 2.61. The number of ether oxygens (including phenoxy) is 2. The van der Waals surface area contributed by atoms with Gasteiger partial charge in [-0.25, -0.2) is 4.39 Å². The molecule has 1 aromatic carbocycles. The van der Waals surface area contributed by atoms with Crippen LogP contribution >= 0.6 is 0 Å². The van der Waals surface area contributed by atoms with Gasteiger partial charge < -0.3 is 20.5 Å². The molecule has 1 aromatic rings. The van der Waals surface area contributed by atoms with Crippen molar-refractivity contribution in [3.8, 4) is 5.75 Å². The number of nitrogens with one attached hydrogen (secondary N) is 1. The second-order valence-corrected chi connectivity index (χ2v) is 5.66. The molecule has 1 heterocycles. The van der Waals surface area contributed by atoms with E-state index in [0.29, 0.717) is 24.9 Å². The molecular weight excluding hydrogens is 311 g/mol. The van der Waals surface area contributed by atoms with E-state index in [9.17, 15) is 4.39 Å². The molecule has 3 N–H and O–H groups in total. The van der Waals surface area contributed by atoms with E-state index in [1.165, 1.54) is 12.1 Å². The predicted octanol–water partition coefficient (Wildman–Crippen LogP) is 1.22. The minimum absolute atomic E-state index is 0.264. The first-order chi connectivity index (χ1) is 11.7. The quantitative estimate of drug-likeness (QED) is 0.402. The van der Waals surface area contributed by atoms with E-state index >= 15 is 0 Å². The maximum Gasteiger partial charge on any atom is 0.188 e. The molecule has 134 valence electrons. The minimum atomic E-state index is -0.264. The van der Waals surface area contributed by atoms with Crippen LogP contribution in [0.5, 0.6) is 5.75 Å². The van der Waals surface area contributed by atoms with Gasteiger partial charge in [-0.3, -0.25) is 9.89 Å². The Bertz CT molecular complexity index is 490. The number of benzene rings is 1. The molecule has 24 heavy (non-hydrogen) atoms. The molecule has 6 nitrogen and oxygen atoms in total. The summed E-state index contributed by atoms with van der Waals surface area (Å²) in [5.74, 6) is 0.868. The normalized spacial score (nSPS) is 16.1. The zero-order valence-corrected chi connectivity index (χ0v) is 14.0. The van der Waals surface area contributed by atoms with Gasteiger partial charge in [0.1, 0.15) is 11.6 Å². The Kier molecular flexibility index (Phi) is 8.34. The van der Waals surface area contributed by atoms with Crippen molar-refractivity contribution >= 4 is 5.96 Å². The third-order valence-corrected chi connectivity index (χ3v) is 3.73. The number of morpholine rings is 1. The highest BCUT2D eigenvalue weighted by atomic mass is 19.1. The van der Waals surface area contributed by atoms with Crippen molar-refractivity contribution in [3.63, 3.8) is 0 Å². The molecule has 0 spiro atoms. The van der Waals surface area contributed by atoms with E-state index in [1.807, 2.05) is 0 Å². The molecular formula is C17H27FN4O2. The van der Waals surface area contributed by atoms with Crippen LogP contribution in [0.25, 0.3) is 0 Å². The standard InChI is InChI=1S/C17H27FN4O2/c18-15-3-5-16(6-4-15)24-12-2-8-21-17(19)20-7-1-9-22-10-13-23-14-11-22/h3-6H,1-2,7-14H2,(H3,19,20,21). The van der Waals surface area contributed by atoms with Crippen molar-refractivity contribution in [2.75, 3.05) is 52.5 Å². The zero-order chi connectivity index (χ0) is 17.0. The summed E-state index contributed by atoms with van der Waals surface area (Å²) in [7, 11) is 0. The first-order valence-corrected chi connectivity index (χ1v) is 8.46. The fourth-order valence-electron chi connectivity index (χ4n) is 2.38. The van der Waals surface area contributed by atoms with Gasteiger partial charge in [0.2, 0.25) is 0 Å². The zero-order valence-electron chi connectivity index (χ0n) is 14.0. The topological polar surface area (TPSA) is 72.1 Å². The summed E-state index contributed by atoms with van der Waals surface area (Å²) >= 11 is 0. The molecule has 1 aliphatic rings. The lowest BCUT2D eigenvalue weighted by molar-refractivity contribution is 0.0376. The van der Waals surface area contributed by atoms with Crippen molar-refractivity contribution < 1.29 is 13.9 Å². The fourth-order valence-corrected chi connectivity index (χ4v) is 2.38. The van der Waals surface area contributed by atoms with Gasteiger partial charge in [0, 0.05) is 32.6 Å². The van der Waals surface area contributed by atoms with Gasteiger partial charge in [-0.05, 0) is 37.2 Å². The lowest BCUT2D eigenvalue weighted by atomic mass is 10.3. The third-order valence-electron chi connectivity index (χ3n) is 3.73. The first kappa shape index (κ1) is 18.5. The largest absolute Gasteiger partial charge is 0.494 e. The van der Waals surface area contributed by atoms with Crippen LogP contribution in [0, 0.1) is 5.82 Å². The molecule has 0 radical (unpaired) electrons. The highest BCUT2D eigenvalue weighted by Crippen LogP contribution is 2.11. The molecule has 0 amide bonds. The van der Waals surface area contributed by atoms with Crippen LogP contribution in [0.3, 0.4) is 0 Å². The van der Waals surface area contributed by atoms with Gasteiger partial charge >= 0.3 is 0 Å². The molecule has 0 bridgehead atoms. The summed E-state index contributed by atoms with van der Waals surface area (Å²) in [4.78, 5) is 6.66. The molecule has 2 rings (SSSR count). The van der Waals surface area contributed by atoms with E-state index in [0.717, 1.165) is 52.2 Å². The van der Waals surface area contributed by atoms with Crippen molar-refractivity contribution in [2.45, 2.75) is 12.8 Å². The number of nitrogens with two attached hydrogens (primary N) is 1. The van der Waals surface area contributed by atoms with Crippen LogP contribution in [-0.4, -0.2) is 63.4 Å². The van der Waals surface area contributed by atoms with Crippen molar-refractivity contribution in [3.05, 3.63) is 30.1 Å². The highest BCUT2D eigenvalue weighted by Gasteiger charge is 2.08. The Labute approximate surface area is 142 Å². The van der Waals surface area contributed by atoms with Crippen LogP contribution < -0.4 is 15.8 Å². The summed E-state index contributed by atoms with van der Waals surface area (Å²) < 4.78 is 23.6. The first-order valence-electron chi connectivity index (χ1n) is 8.46. The number of rotatable bonds is 9. The number of aliphatic imine (C=N–C) groups is 1. The van der Waals surface area contributed by atoms with Crippen molar-refractivity contribution in [1.82, 2.24) is 10.2 Å². The van der Waals surface area contributed by atoms with Gasteiger partial charge in [-0.15, -0.1) is 0 Å². The maximum absolute atomic E-state index is 12.7. The lowest BCUT2D eigenvalue weighted by Crippen LogP contribution is -2.39. The second-order valence-electron chi connectivity index (χ2n) is 5.66. The van der Waals surface area contributed by atoms with Gasteiger partial charge in [0.05, 0.1) is 19.8 Å². The van der Waals surface area contributed by atoms with Gasteiger partial charge in [0.25, 0.3) is 0 Å². The van der Waals surface area contributed by atoms with Gasteiger partial charge in [-0.1, -0.05) is 0 Å². The molecule has 1 aliphatic heterocycles. The van der Waals surface area contributed by atoms with E-state index < -0.39 is 0 Å². The van der Waals surface area contributed by atoms with Crippen LogP contribution in [-0.2, 0) is 4.74 Å². The number of halogens is 1.